The summed E-state index contributed by atoms with van der Waals surface area (Å²) in [6.07, 6.45) is 0. The van der Waals surface area contributed by atoms with Crippen molar-refractivity contribution >= 4 is 39.2 Å². The number of nitrogens with zero attached hydrogens (tertiary/aromatic N) is 4. The van der Waals surface area contributed by atoms with Gasteiger partial charge in [-0.15, -0.1) is 0 Å². The van der Waals surface area contributed by atoms with Crippen molar-refractivity contribution < 1.29 is 9.72 Å². The highest BCUT2D eigenvalue weighted by Gasteiger charge is 2.29. The third-order valence-corrected chi connectivity index (χ3v) is 4.52. The number of hydrogen-bond acceptors (Lipinski definition) is 6. The quantitative estimate of drug-likeness (QED) is 0.334. The van der Waals surface area contributed by atoms with Gasteiger partial charge >= 0.3 is 0 Å². The van der Waals surface area contributed by atoms with Gasteiger partial charge in [0, 0.05) is 17.7 Å². The molecule has 2 heterocycles. The molecule has 0 radical (unpaired) electrons. The van der Waals surface area contributed by atoms with E-state index in [2.05, 4.69) is 31.3 Å². The molecule has 0 aliphatic rings. The second-order valence-corrected chi connectivity index (χ2v) is 8.11. The van der Waals surface area contributed by atoms with Crippen molar-refractivity contribution in [2.45, 2.75) is 26.3 Å². The number of nitro benzene ring substituents is 1. The number of amides is 1. The lowest BCUT2D eigenvalue weighted by atomic mass is 10.1. The van der Waals surface area contributed by atoms with E-state index in [-0.39, 0.29) is 11.3 Å². The molecule has 1 amide bonds. The van der Waals surface area contributed by atoms with Crippen LogP contribution in [0.15, 0.2) is 47.1 Å². The molecular formula is C19H19BrN6O3. The van der Waals surface area contributed by atoms with Crippen molar-refractivity contribution in [3.8, 4) is 11.3 Å². The van der Waals surface area contributed by atoms with E-state index in [1.165, 1.54) is 12.1 Å². The summed E-state index contributed by atoms with van der Waals surface area (Å²) in [6.45, 7) is 5.80. The van der Waals surface area contributed by atoms with E-state index >= 15 is 0 Å². The first-order chi connectivity index (χ1) is 13.6. The molecule has 10 heteroatoms. The summed E-state index contributed by atoms with van der Waals surface area (Å²) in [7, 11) is 0. The van der Waals surface area contributed by atoms with Crippen LogP contribution in [0.4, 0.5) is 17.3 Å². The molecule has 150 valence electrons. The summed E-state index contributed by atoms with van der Waals surface area (Å²) in [6, 6.07) is 11.1. The van der Waals surface area contributed by atoms with Crippen LogP contribution in [-0.4, -0.2) is 25.6 Å². The minimum Gasteiger partial charge on any atom is -0.365 e. The van der Waals surface area contributed by atoms with Gasteiger partial charge in [-0.1, -0.05) is 6.07 Å². The van der Waals surface area contributed by atoms with Crippen LogP contribution in [0.2, 0.25) is 0 Å². The highest BCUT2D eigenvalue weighted by molar-refractivity contribution is 9.10. The van der Waals surface area contributed by atoms with E-state index in [9.17, 15) is 14.9 Å². The molecule has 0 atom stereocenters. The minimum atomic E-state index is -0.675. The van der Waals surface area contributed by atoms with E-state index in [1.807, 2.05) is 20.8 Å². The van der Waals surface area contributed by atoms with Crippen molar-refractivity contribution in [2.24, 2.45) is 5.73 Å². The van der Waals surface area contributed by atoms with Gasteiger partial charge in [-0.05, 0) is 61.0 Å². The lowest BCUT2D eigenvalue weighted by molar-refractivity contribution is -0.384. The molecule has 3 N–H and O–H groups in total. The highest BCUT2D eigenvalue weighted by atomic mass is 79.9. The number of carbonyl (C=O) groups excluding carboxylic acids is 1. The Morgan fingerprint density at radius 2 is 1.86 bits per heavy atom. The van der Waals surface area contributed by atoms with Crippen LogP contribution in [-0.2, 0) is 5.54 Å². The zero-order valence-electron chi connectivity index (χ0n) is 16.0. The number of halogens is 1. The van der Waals surface area contributed by atoms with Gasteiger partial charge in [-0.2, -0.15) is 5.10 Å². The number of nitrogens with two attached hydrogens (primary N) is 1. The zero-order chi connectivity index (χ0) is 21.3. The van der Waals surface area contributed by atoms with Gasteiger partial charge in [-0.25, -0.2) is 9.67 Å². The fourth-order valence-electron chi connectivity index (χ4n) is 2.79. The van der Waals surface area contributed by atoms with Gasteiger partial charge in [0.15, 0.2) is 0 Å². The van der Waals surface area contributed by atoms with Crippen LogP contribution < -0.4 is 11.1 Å². The number of rotatable bonds is 5. The van der Waals surface area contributed by atoms with Gasteiger partial charge < -0.3 is 11.1 Å². The predicted molar refractivity (Wildman–Crippen MR) is 113 cm³/mol. The van der Waals surface area contributed by atoms with Crippen LogP contribution in [0.1, 0.15) is 31.1 Å². The van der Waals surface area contributed by atoms with Crippen LogP contribution in [0, 0.1) is 10.1 Å². The summed E-state index contributed by atoms with van der Waals surface area (Å²) in [5.74, 6) is 0.220. The molecule has 0 spiro atoms. The molecule has 0 saturated carbocycles. The van der Waals surface area contributed by atoms with E-state index in [4.69, 9.17) is 5.73 Å². The smallest absolute Gasteiger partial charge is 0.269 e. The topological polar surface area (TPSA) is 129 Å². The summed E-state index contributed by atoms with van der Waals surface area (Å²) in [4.78, 5) is 27.2. The first-order valence-corrected chi connectivity index (χ1v) is 9.45. The molecule has 9 nitrogen and oxygen atoms in total. The second kappa shape index (κ2) is 7.63. The van der Waals surface area contributed by atoms with Crippen LogP contribution in [0.5, 0.6) is 0 Å². The Hall–Kier alpha value is -3.27. The van der Waals surface area contributed by atoms with Gasteiger partial charge in [0.2, 0.25) is 0 Å². The first kappa shape index (κ1) is 20.5. The molecular weight excluding hydrogens is 440 g/mol. The van der Waals surface area contributed by atoms with E-state index in [0.717, 1.165) is 0 Å². The Labute approximate surface area is 175 Å². The normalized spacial score (nSPS) is 11.3. The van der Waals surface area contributed by atoms with Crippen molar-refractivity contribution in [1.82, 2.24) is 14.8 Å². The van der Waals surface area contributed by atoms with Crippen molar-refractivity contribution in [3.05, 3.63) is 62.7 Å². The lowest BCUT2D eigenvalue weighted by Crippen LogP contribution is -2.25. The van der Waals surface area contributed by atoms with Gasteiger partial charge in [0.25, 0.3) is 11.6 Å². The molecule has 3 aromatic rings. The third kappa shape index (κ3) is 4.27. The van der Waals surface area contributed by atoms with E-state index in [0.29, 0.717) is 27.5 Å². The summed E-state index contributed by atoms with van der Waals surface area (Å²) < 4.78 is 2.28. The molecule has 29 heavy (non-hydrogen) atoms. The van der Waals surface area contributed by atoms with Crippen LogP contribution in [0.25, 0.3) is 11.3 Å². The molecule has 2 aromatic heterocycles. The number of carbonyl (C=O) groups is 1. The average molecular weight is 459 g/mol. The third-order valence-electron chi connectivity index (χ3n) is 4.08. The summed E-state index contributed by atoms with van der Waals surface area (Å²) >= 11 is 3.32. The van der Waals surface area contributed by atoms with Gasteiger partial charge in [0.1, 0.15) is 27.5 Å². The monoisotopic (exact) mass is 458 g/mol. The summed E-state index contributed by atoms with van der Waals surface area (Å²) in [5, 5.41) is 18.7. The molecule has 3 rings (SSSR count). The number of primary amides is 1. The Morgan fingerprint density at radius 1 is 1.21 bits per heavy atom. The number of hydrogen-bond donors (Lipinski definition) is 2. The maximum absolute atomic E-state index is 12.4. The lowest BCUT2D eigenvalue weighted by Gasteiger charge is -2.23. The van der Waals surface area contributed by atoms with Crippen molar-refractivity contribution in [2.75, 3.05) is 5.32 Å². The predicted octanol–water partition coefficient (Wildman–Crippen LogP) is 4.21. The number of nitrogens with one attached hydrogen (secondary N) is 1. The fraction of sp³-hybridized carbons (Fsp3) is 0.211. The van der Waals surface area contributed by atoms with Crippen molar-refractivity contribution in [1.29, 1.82) is 0 Å². The molecule has 0 aliphatic heterocycles. The molecule has 0 bridgehead atoms. The van der Waals surface area contributed by atoms with Gasteiger partial charge in [-0.3, -0.25) is 14.9 Å². The number of pyridine rings is 1. The Kier molecular flexibility index (Phi) is 5.38. The van der Waals surface area contributed by atoms with Crippen LogP contribution >= 0.6 is 15.9 Å². The Bertz CT molecular complexity index is 1090. The highest BCUT2D eigenvalue weighted by Crippen LogP contribution is 2.34. The average Bonchev–Trinajstić information content (AvgIpc) is 3.01. The van der Waals surface area contributed by atoms with E-state index < -0.39 is 16.4 Å². The Balaban J connectivity index is 2.20. The zero-order valence-corrected chi connectivity index (χ0v) is 17.6. The maximum atomic E-state index is 12.4. The standard InChI is InChI=1S/C19H19BrN6O3/c1-19(2,3)25-18(23-14-6-4-5-13(20)22-14)15(17(21)27)16(24-25)11-7-9-12(10-8-11)26(28)29/h4-10H,1-3H3,(H2,21,27)(H,22,23). The molecule has 0 fully saturated rings. The van der Waals surface area contributed by atoms with Crippen LogP contribution in [0.3, 0.4) is 0 Å². The van der Waals surface area contributed by atoms with Crippen molar-refractivity contribution in [3.63, 3.8) is 0 Å². The maximum Gasteiger partial charge on any atom is 0.269 e. The van der Waals surface area contributed by atoms with E-state index in [1.54, 1.807) is 35.0 Å². The fourth-order valence-corrected chi connectivity index (χ4v) is 3.14. The molecule has 0 aliphatic carbocycles. The molecule has 0 saturated heterocycles. The van der Waals surface area contributed by atoms with Gasteiger partial charge in [0.05, 0.1) is 10.5 Å². The number of benzene rings is 1. The largest absolute Gasteiger partial charge is 0.365 e. The number of aromatic nitrogens is 3. The molecule has 0 unspecified atom stereocenters. The number of non-ortho nitro benzene ring substituents is 1. The SMILES string of the molecule is CC(C)(C)n1nc(-c2ccc([N+](=O)[O-])cc2)c(C(N)=O)c1Nc1cccc(Br)n1. The minimum absolute atomic E-state index is 0.0543. The number of nitro groups is 1. The number of anilines is 2. The summed E-state index contributed by atoms with van der Waals surface area (Å²) in [5.41, 5.74) is 6.21. The second-order valence-electron chi connectivity index (χ2n) is 7.29. The Morgan fingerprint density at radius 3 is 2.38 bits per heavy atom. The molecule has 1 aromatic carbocycles. The first-order valence-electron chi connectivity index (χ1n) is 8.65.